The van der Waals surface area contributed by atoms with E-state index in [0.29, 0.717) is 13.1 Å². The summed E-state index contributed by atoms with van der Waals surface area (Å²) in [5.41, 5.74) is 2.06. The second kappa shape index (κ2) is 7.74. The van der Waals surface area contributed by atoms with Gasteiger partial charge >= 0.3 is 6.03 Å². The number of carbonyl (C=O) groups is 1. The zero-order chi connectivity index (χ0) is 17.6. The molecule has 1 aromatic carbocycles. The Hall–Kier alpha value is -2.96. The van der Waals surface area contributed by atoms with Gasteiger partial charge in [0.2, 0.25) is 6.79 Å². The molecule has 25 heavy (non-hydrogen) atoms. The van der Waals surface area contributed by atoms with E-state index in [9.17, 15) is 4.79 Å². The first-order valence-corrected chi connectivity index (χ1v) is 8.15. The van der Waals surface area contributed by atoms with Crippen LogP contribution in [0, 0.1) is 0 Å². The van der Waals surface area contributed by atoms with Crippen LogP contribution >= 0.6 is 0 Å². The summed E-state index contributed by atoms with van der Waals surface area (Å²) in [5.74, 6) is 2.38. The number of aromatic nitrogens is 1. The topological polar surface area (TPSA) is 75.7 Å². The molecular formula is C18H22N4O3. The van der Waals surface area contributed by atoms with Crippen molar-refractivity contribution in [2.75, 3.05) is 32.3 Å². The largest absolute Gasteiger partial charge is 0.454 e. The van der Waals surface area contributed by atoms with Gasteiger partial charge in [-0.25, -0.2) is 9.78 Å². The molecule has 0 aliphatic carbocycles. The average Bonchev–Trinajstić information content (AvgIpc) is 3.08. The third kappa shape index (κ3) is 4.32. The molecule has 2 N–H and O–H groups in total. The molecule has 0 bridgehead atoms. The molecule has 2 heterocycles. The molecule has 7 nitrogen and oxygen atoms in total. The number of rotatable bonds is 6. The summed E-state index contributed by atoms with van der Waals surface area (Å²) in [5, 5.41) is 5.72. The first kappa shape index (κ1) is 16.9. The molecule has 3 rings (SSSR count). The van der Waals surface area contributed by atoms with Crippen LogP contribution in [0.1, 0.15) is 11.1 Å². The molecular weight excluding hydrogens is 320 g/mol. The number of carbonyl (C=O) groups excluding carboxylic acids is 1. The second-order valence-electron chi connectivity index (χ2n) is 5.93. The normalized spacial score (nSPS) is 11.9. The number of amides is 2. The first-order valence-electron chi connectivity index (χ1n) is 8.15. The summed E-state index contributed by atoms with van der Waals surface area (Å²) < 4.78 is 10.6. The van der Waals surface area contributed by atoms with Crippen molar-refractivity contribution in [3.05, 3.63) is 47.7 Å². The summed E-state index contributed by atoms with van der Waals surface area (Å²) in [6, 6.07) is 9.43. The van der Waals surface area contributed by atoms with Crippen molar-refractivity contribution in [1.29, 1.82) is 0 Å². The Morgan fingerprint density at radius 1 is 1.20 bits per heavy atom. The highest BCUT2D eigenvalue weighted by Gasteiger charge is 2.13. The predicted octanol–water partition coefficient (Wildman–Crippen LogP) is 1.92. The number of benzene rings is 1. The molecule has 0 radical (unpaired) electrons. The van der Waals surface area contributed by atoms with Crippen molar-refractivity contribution in [3.8, 4) is 11.5 Å². The molecule has 1 aliphatic heterocycles. The van der Waals surface area contributed by atoms with Crippen molar-refractivity contribution in [2.24, 2.45) is 0 Å². The molecule has 132 valence electrons. The Balaban J connectivity index is 1.44. The van der Waals surface area contributed by atoms with Gasteiger partial charge in [-0.1, -0.05) is 12.1 Å². The van der Waals surface area contributed by atoms with Crippen LogP contribution in [-0.2, 0) is 13.0 Å². The number of urea groups is 1. The quantitative estimate of drug-likeness (QED) is 0.839. The Bertz CT molecular complexity index is 749. The van der Waals surface area contributed by atoms with Gasteiger partial charge in [-0.05, 0) is 30.2 Å². The van der Waals surface area contributed by atoms with Gasteiger partial charge in [0.25, 0.3) is 0 Å². The molecule has 0 saturated heterocycles. The molecule has 1 aromatic heterocycles. The van der Waals surface area contributed by atoms with Crippen LogP contribution in [0.4, 0.5) is 10.6 Å². The van der Waals surface area contributed by atoms with Gasteiger partial charge in [-0.2, -0.15) is 0 Å². The van der Waals surface area contributed by atoms with Crippen molar-refractivity contribution < 1.29 is 14.3 Å². The summed E-state index contributed by atoms with van der Waals surface area (Å²) in [7, 11) is 3.86. The Morgan fingerprint density at radius 3 is 2.88 bits per heavy atom. The summed E-state index contributed by atoms with van der Waals surface area (Å²) in [6.07, 6.45) is 2.46. The maximum atomic E-state index is 12.0. The lowest BCUT2D eigenvalue weighted by Crippen LogP contribution is -2.36. The second-order valence-corrected chi connectivity index (χ2v) is 5.93. The number of ether oxygens (including phenoxy) is 2. The molecule has 2 amide bonds. The van der Waals surface area contributed by atoms with E-state index >= 15 is 0 Å². The van der Waals surface area contributed by atoms with Crippen LogP contribution in [0.15, 0.2) is 36.5 Å². The van der Waals surface area contributed by atoms with E-state index in [4.69, 9.17) is 9.47 Å². The van der Waals surface area contributed by atoms with E-state index in [2.05, 4.69) is 15.6 Å². The lowest BCUT2D eigenvalue weighted by Gasteiger charge is -2.16. The molecule has 7 heteroatoms. The molecule has 0 unspecified atom stereocenters. The van der Waals surface area contributed by atoms with Crippen molar-refractivity contribution in [2.45, 2.75) is 13.0 Å². The van der Waals surface area contributed by atoms with Crippen LogP contribution in [0.5, 0.6) is 11.5 Å². The molecule has 0 fully saturated rings. The number of fused-ring (bicyclic) bond motifs is 1. The van der Waals surface area contributed by atoms with Gasteiger partial charge in [0.15, 0.2) is 11.5 Å². The number of nitrogens with zero attached hydrogens (tertiary/aromatic N) is 2. The fraction of sp³-hybridized carbons (Fsp3) is 0.333. The molecule has 0 atom stereocenters. The number of nitrogens with one attached hydrogen (secondary N) is 2. The van der Waals surface area contributed by atoms with Gasteiger partial charge in [0.1, 0.15) is 5.82 Å². The van der Waals surface area contributed by atoms with Crippen molar-refractivity contribution >= 4 is 11.8 Å². The standard InChI is InChI=1S/C18H22N4O3/c1-22(2)17-14(4-3-8-19-17)11-21-18(23)20-9-7-13-5-6-15-16(10-13)25-12-24-15/h3-6,8,10H,7,9,11-12H2,1-2H3,(H2,20,21,23). The summed E-state index contributed by atoms with van der Waals surface area (Å²) >= 11 is 0. The predicted molar refractivity (Wildman–Crippen MR) is 95.1 cm³/mol. The van der Waals surface area contributed by atoms with Gasteiger partial charge in [0.05, 0.1) is 0 Å². The third-order valence-electron chi connectivity index (χ3n) is 3.87. The Labute approximate surface area is 147 Å². The first-order chi connectivity index (χ1) is 12.1. The molecule has 0 spiro atoms. The van der Waals surface area contributed by atoms with Gasteiger partial charge < -0.3 is 25.0 Å². The lowest BCUT2D eigenvalue weighted by atomic mass is 10.1. The van der Waals surface area contributed by atoms with Crippen LogP contribution in [-0.4, -0.2) is 38.4 Å². The van der Waals surface area contributed by atoms with Crippen LogP contribution in [0.2, 0.25) is 0 Å². The third-order valence-corrected chi connectivity index (χ3v) is 3.87. The number of hydrogen-bond donors (Lipinski definition) is 2. The monoisotopic (exact) mass is 342 g/mol. The Kier molecular flexibility index (Phi) is 5.23. The lowest BCUT2D eigenvalue weighted by molar-refractivity contribution is 0.174. The van der Waals surface area contributed by atoms with Crippen molar-refractivity contribution in [3.63, 3.8) is 0 Å². The molecule has 2 aromatic rings. The van der Waals surface area contributed by atoms with Crippen LogP contribution in [0.25, 0.3) is 0 Å². The fourth-order valence-electron chi connectivity index (χ4n) is 2.63. The SMILES string of the molecule is CN(C)c1ncccc1CNC(=O)NCCc1ccc2c(c1)OCO2. The maximum absolute atomic E-state index is 12.0. The molecule has 1 aliphatic rings. The fourth-order valence-corrected chi connectivity index (χ4v) is 2.63. The van der Waals surface area contributed by atoms with E-state index < -0.39 is 0 Å². The minimum absolute atomic E-state index is 0.200. The van der Waals surface area contributed by atoms with Gasteiger partial charge in [-0.15, -0.1) is 0 Å². The van der Waals surface area contributed by atoms with E-state index in [-0.39, 0.29) is 12.8 Å². The number of pyridine rings is 1. The average molecular weight is 342 g/mol. The zero-order valence-corrected chi connectivity index (χ0v) is 14.4. The van der Waals surface area contributed by atoms with Gasteiger partial charge in [-0.3, -0.25) is 0 Å². The van der Waals surface area contributed by atoms with Crippen molar-refractivity contribution in [1.82, 2.24) is 15.6 Å². The minimum atomic E-state index is -0.200. The van der Waals surface area contributed by atoms with Crippen LogP contribution < -0.4 is 25.0 Å². The highest BCUT2D eigenvalue weighted by atomic mass is 16.7. The minimum Gasteiger partial charge on any atom is -0.454 e. The van der Waals surface area contributed by atoms with E-state index in [0.717, 1.165) is 34.9 Å². The summed E-state index contributed by atoms with van der Waals surface area (Å²) in [4.78, 5) is 18.2. The van der Waals surface area contributed by atoms with Crippen LogP contribution in [0.3, 0.4) is 0 Å². The zero-order valence-electron chi connectivity index (χ0n) is 14.4. The summed E-state index contributed by atoms with van der Waals surface area (Å²) in [6.45, 7) is 1.24. The van der Waals surface area contributed by atoms with E-state index in [1.165, 1.54) is 0 Å². The smallest absolute Gasteiger partial charge is 0.315 e. The Morgan fingerprint density at radius 2 is 2.04 bits per heavy atom. The highest BCUT2D eigenvalue weighted by molar-refractivity contribution is 5.74. The maximum Gasteiger partial charge on any atom is 0.315 e. The number of hydrogen-bond acceptors (Lipinski definition) is 5. The van der Waals surface area contributed by atoms with Gasteiger partial charge in [0, 0.05) is 38.9 Å². The highest BCUT2D eigenvalue weighted by Crippen LogP contribution is 2.32. The van der Waals surface area contributed by atoms with E-state index in [1.807, 2.05) is 49.3 Å². The number of anilines is 1. The molecule has 0 saturated carbocycles. The van der Waals surface area contributed by atoms with E-state index in [1.54, 1.807) is 6.20 Å².